The summed E-state index contributed by atoms with van der Waals surface area (Å²) in [5, 5.41) is 18.0. The Morgan fingerprint density at radius 3 is 3.00 bits per heavy atom. The second-order valence-electron chi connectivity index (χ2n) is 4.25. The lowest BCUT2D eigenvalue weighted by Crippen LogP contribution is -2.52. The molecule has 1 aliphatic rings. The Hall–Kier alpha value is -2.05. The molecule has 2 amide bonds. The summed E-state index contributed by atoms with van der Waals surface area (Å²) < 4.78 is 0. The minimum atomic E-state index is -1.12. The molecule has 0 radical (unpaired) electrons. The molecule has 1 aromatic rings. The first-order valence-corrected chi connectivity index (χ1v) is 5.35. The van der Waals surface area contributed by atoms with Crippen molar-refractivity contribution in [2.24, 2.45) is 0 Å². The maximum atomic E-state index is 11.9. The number of likely N-dealkylation sites (tertiary alicyclic amines) is 1. The third-order valence-electron chi connectivity index (χ3n) is 3.10. The lowest BCUT2D eigenvalue weighted by atomic mass is 10.00. The minimum absolute atomic E-state index is 0.409. The van der Waals surface area contributed by atoms with Gasteiger partial charge in [0.05, 0.1) is 11.9 Å². The van der Waals surface area contributed by atoms with Crippen LogP contribution in [0.5, 0.6) is 0 Å². The molecule has 7 heteroatoms. The number of anilines is 1. The van der Waals surface area contributed by atoms with Gasteiger partial charge in [0.15, 0.2) is 0 Å². The Morgan fingerprint density at radius 1 is 1.65 bits per heavy atom. The lowest BCUT2D eigenvalue weighted by molar-refractivity contribution is -0.146. The van der Waals surface area contributed by atoms with Crippen LogP contribution in [0.1, 0.15) is 19.8 Å². The van der Waals surface area contributed by atoms with Crippen molar-refractivity contribution in [3.8, 4) is 0 Å². The van der Waals surface area contributed by atoms with E-state index in [2.05, 4.69) is 15.5 Å². The molecule has 1 unspecified atom stereocenters. The molecule has 7 nitrogen and oxygen atoms in total. The maximum Gasteiger partial charge on any atom is 0.329 e. The second-order valence-corrected chi connectivity index (χ2v) is 4.25. The van der Waals surface area contributed by atoms with Crippen LogP contribution in [0.25, 0.3) is 0 Å². The number of carbonyl (C=O) groups is 2. The van der Waals surface area contributed by atoms with Crippen LogP contribution in [0, 0.1) is 0 Å². The van der Waals surface area contributed by atoms with Crippen LogP contribution in [0.3, 0.4) is 0 Å². The van der Waals surface area contributed by atoms with Crippen LogP contribution in [-0.4, -0.2) is 44.3 Å². The molecule has 2 rings (SSSR count). The molecule has 1 saturated heterocycles. The van der Waals surface area contributed by atoms with Gasteiger partial charge in [-0.15, -0.1) is 0 Å². The highest BCUT2D eigenvalue weighted by Gasteiger charge is 2.46. The van der Waals surface area contributed by atoms with Gasteiger partial charge in [0.1, 0.15) is 5.54 Å². The Balaban J connectivity index is 2.11. The molecule has 1 aliphatic heterocycles. The molecule has 0 saturated carbocycles. The number of aromatic nitrogens is 2. The van der Waals surface area contributed by atoms with Gasteiger partial charge in [-0.3, -0.25) is 5.10 Å². The zero-order valence-electron chi connectivity index (χ0n) is 9.43. The molecule has 1 fully saturated rings. The topological polar surface area (TPSA) is 98.3 Å². The third kappa shape index (κ3) is 1.95. The van der Waals surface area contributed by atoms with Gasteiger partial charge in [0.2, 0.25) is 0 Å². The predicted molar refractivity (Wildman–Crippen MR) is 59.6 cm³/mol. The van der Waals surface area contributed by atoms with Gasteiger partial charge in [-0.1, -0.05) is 0 Å². The molecule has 17 heavy (non-hydrogen) atoms. The van der Waals surface area contributed by atoms with Crippen molar-refractivity contribution in [1.82, 2.24) is 15.1 Å². The van der Waals surface area contributed by atoms with E-state index < -0.39 is 17.5 Å². The Kier molecular flexibility index (Phi) is 2.74. The van der Waals surface area contributed by atoms with Gasteiger partial charge in [0, 0.05) is 12.7 Å². The van der Waals surface area contributed by atoms with E-state index in [-0.39, 0.29) is 0 Å². The average molecular weight is 238 g/mol. The predicted octanol–water partition coefficient (Wildman–Crippen LogP) is 0.881. The Morgan fingerprint density at radius 2 is 2.41 bits per heavy atom. The molecule has 0 aromatic carbocycles. The van der Waals surface area contributed by atoms with Gasteiger partial charge >= 0.3 is 12.0 Å². The van der Waals surface area contributed by atoms with Gasteiger partial charge in [-0.2, -0.15) is 5.10 Å². The highest BCUT2D eigenvalue weighted by molar-refractivity contribution is 5.94. The van der Waals surface area contributed by atoms with E-state index in [0.717, 1.165) is 0 Å². The summed E-state index contributed by atoms with van der Waals surface area (Å²) in [5.41, 5.74) is -0.594. The second kappa shape index (κ2) is 4.08. The van der Waals surface area contributed by atoms with Gasteiger partial charge in [0.25, 0.3) is 0 Å². The van der Waals surface area contributed by atoms with E-state index in [0.29, 0.717) is 25.1 Å². The summed E-state index contributed by atoms with van der Waals surface area (Å²) in [4.78, 5) is 24.5. The van der Waals surface area contributed by atoms with Crippen LogP contribution in [0.4, 0.5) is 10.5 Å². The van der Waals surface area contributed by atoms with E-state index >= 15 is 0 Å². The summed E-state index contributed by atoms with van der Waals surface area (Å²) in [6.07, 6.45) is 4.17. The summed E-state index contributed by atoms with van der Waals surface area (Å²) in [6.45, 7) is 2.02. The highest BCUT2D eigenvalue weighted by atomic mass is 16.4. The number of nitrogens with zero attached hydrogens (tertiary/aromatic N) is 2. The van der Waals surface area contributed by atoms with Crippen LogP contribution < -0.4 is 5.32 Å². The van der Waals surface area contributed by atoms with Crippen molar-refractivity contribution in [3.05, 3.63) is 12.4 Å². The van der Waals surface area contributed by atoms with E-state index in [4.69, 9.17) is 0 Å². The number of amides is 2. The van der Waals surface area contributed by atoms with Crippen molar-refractivity contribution in [2.45, 2.75) is 25.3 Å². The lowest BCUT2D eigenvalue weighted by Gasteiger charge is -2.30. The number of carbonyl (C=O) groups excluding carboxylic acids is 1. The van der Waals surface area contributed by atoms with Gasteiger partial charge < -0.3 is 15.3 Å². The first kappa shape index (κ1) is 11.4. The molecule has 1 atom stereocenters. The molecule has 1 aromatic heterocycles. The van der Waals surface area contributed by atoms with Crippen LogP contribution in [0.2, 0.25) is 0 Å². The number of hydrogen-bond donors (Lipinski definition) is 3. The van der Waals surface area contributed by atoms with Crippen molar-refractivity contribution in [1.29, 1.82) is 0 Å². The van der Waals surface area contributed by atoms with Crippen LogP contribution >= 0.6 is 0 Å². The maximum absolute atomic E-state index is 11.9. The molecular formula is C10H14N4O3. The zero-order chi connectivity index (χ0) is 12.5. The summed E-state index contributed by atoms with van der Waals surface area (Å²) in [7, 11) is 0. The Labute approximate surface area is 97.8 Å². The van der Waals surface area contributed by atoms with E-state index in [9.17, 15) is 14.7 Å². The normalized spacial score (nSPS) is 23.7. The smallest absolute Gasteiger partial charge is 0.329 e. The van der Waals surface area contributed by atoms with E-state index in [1.807, 2.05) is 0 Å². The van der Waals surface area contributed by atoms with Gasteiger partial charge in [-0.25, -0.2) is 9.59 Å². The standard InChI is InChI=1S/C10H14N4O3/c1-10(8(15)16)3-2-4-14(10)9(17)13-7-5-11-12-6-7/h5-6H,2-4H2,1H3,(H,11,12)(H,13,17)(H,15,16). The number of rotatable bonds is 2. The molecular weight excluding hydrogens is 224 g/mol. The first-order valence-electron chi connectivity index (χ1n) is 5.35. The summed E-state index contributed by atoms with van der Waals surface area (Å²) in [5.74, 6) is -0.975. The number of hydrogen-bond acceptors (Lipinski definition) is 3. The number of nitrogens with one attached hydrogen (secondary N) is 2. The van der Waals surface area contributed by atoms with Crippen LogP contribution in [-0.2, 0) is 4.79 Å². The number of aromatic amines is 1. The molecule has 92 valence electrons. The SMILES string of the molecule is CC1(C(=O)O)CCCN1C(=O)Nc1cn[nH]c1. The summed E-state index contributed by atoms with van der Waals surface area (Å²) >= 11 is 0. The molecule has 0 aliphatic carbocycles. The van der Waals surface area contributed by atoms with Crippen molar-refractivity contribution in [3.63, 3.8) is 0 Å². The Bertz CT molecular complexity index is 431. The molecule has 3 N–H and O–H groups in total. The largest absolute Gasteiger partial charge is 0.480 e. The fourth-order valence-corrected chi connectivity index (χ4v) is 2.02. The quantitative estimate of drug-likeness (QED) is 0.712. The average Bonchev–Trinajstić information content (AvgIpc) is 2.87. The zero-order valence-corrected chi connectivity index (χ0v) is 9.43. The minimum Gasteiger partial charge on any atom is -0.480 e. The monoisotopic (exact) mass is 238 g/mol. The number of carboxylic acid groups (broad SMARTS) is 1. The van der Waals surface area contributed by atoms with Crippen molar-refractivity contribution >= 4 is 17.7 Å². The fraction of sp³-hybridized carbons (Fsp3) is 0.500. The van der Waals surface area contributed by atoms with Gasteiger partial charge in [-0.05, 0) is 19.8 Å². The number of H-pyrrole nitrogens is 1. The van der Waals surface area contributed by atoms with Crippen molar-refractivity contribution in [2.75, 3.05) is 11.9 Å². The van der Waals surface area contributed by atoms with E-state index in [1.54, 1.807) is 6.92 Å². The first-order chi connectivity index (χ1) is 8.04. The highest BCUT2D eigenvalue weighted by Crippen LogP contribution is 2.29. The van der Waals surface area contributed by atoms with Crippen molar-refractivity contribution < 1.29 is 14.7 Å². The fourth-order valence-electron chi connectivity index (χ4n) is 2.02. The third-order valence-corrected chi connectivity index (χ3v) is 3.10. The molecule has 0 bridgehead atoms. The summed E-state index contributed by atoms with van der Waals surface area (Å²) in [6, 6.07) is -0.409. The molecule has 0 spiro atoms. The number of carboxylic acids is 1. The number of aliphatic carboxylic acids is 1. The van der Waals surface area contributed by atoms with E-state index in [1.165, 1.54) is 17.3 Å². The van der Waals surface area contributed by atoms with Crippen LogP contribution in [0.15, 0.2) is 12.4 Å². The molecule has 2 heterocycles. The number of urea groups is 1.